The summed E-state index contributed by atoms with van der Waals surface area (Å²) in [6.45, 7) is 0. The van der Waals surface area contributed by atoms with Crippen LogP contribution in [0.3, 0.4) is 0 Å². The molecule has 8 aromatic carbocycles. The Morgan fingerprint density at radius 1 is 0.385 bits per heavy atom. The van der Waals surface area contributed by atoms with Crippen LogP contribution in [0.5, 0.6) is 0 Å². The van der Waals surface area contributed by atoms with Crippen molar-refractivity contribution in [3.63, 3.8) is 0 Å². The maximum absolute atomic E-state index is 5.10. The maximum Gasteiger partial charge on any atom is 0.159 e. The molecule has 1 heterocycles. The van der Waals surface area contributed by atoms with Gasteiger partial charge in [0.05, 0.1) is 0 Å². The molecule has 0 saturated carbocycles. The average molecular weight is 664 g/mol. The summed E-state index contributed by atoms with van der Waals surface area (Å²) >= 11 is 0. The molecule has 1 N–H and O–H groups in total. The van der Waals surface area contributed by atoms with Crippen molar-refractivity contribution < 1.29 is 0 Å². The number of rotatable bonds is 6. The van der Waals surface area contributed by atoms with E-state index in [2.05, 4.69) is 169 Å². The van der Waals surface area contributed by atoms with Gasteiger partial charge < -0.3 is 5.32 Å². The van der Waals surface area contributed by atoms with Crippen molar-refractivity contribution in [3.8, 4) is 55.6 Å². The van der Waals surface area contributed by atoms with E-state index < -0.39 is 0 Å². The van der Waals surface area contributed by atoms with E-state index in [-0.39, 0.29) is 6.17 Å². The number of hydrogen-bond donors (Lipinski definition) is 1. The Bertz CT molecular complexity index is 2670. The number of aliphatic imine (C=N–C) groups is 2. The minimum absolute atomic E-state index is 0.239. The summed E-state index contributed by atoms with van der Waals surface area (Å²) in [7, 11) is 0. The van der Waals surface area contributed by atoms with Gasteiger partial charge in [-0.3, -0.25) is 0 Å². The molecule has 10 rings (SSSR count). The number of benzene rings is 8. The van der Waals surface area contributed by atoms with E-state index in [1.165, 1.54) is 60.8 Å². The summed E-state index contributed by atoms with van der Waals surface area (Å²) in [6.07, 6.45) is -0.239. The van der Waals surface area contributed by atoms with E-state index in [0.717, 1.165) is 28.1 Å². The first-order chi connectivity index (χ1) is 25.8. The van der Waals surface area contributed by atoms with Gasteiger partial charge in [-0.15, -0.1) is 0 Å². The van der Waals surface area contributed by atoms with Gasteiger partial charge >= 0.3 is 0 Å². The van der Waals surface area contributed by atoms with Crippen LogP contribution in [0.2, 0.25) is 0 Å². The minimum Gasteiger partial charge on any atom is -0.344 e. The van der Waals surface area contributed by atoms with Crippen molar-refractivity contribution >= 4 is 22.4 Å². The lowest BCUT2D eigenvalue weighted by atomic mass is 9.86. The normalized spacial score (nSPS) is 14.3. The molecule has 244 valence electrons. The number of hydrogen-bond acceptors (Lipinski definition) is 3. The van der Waals surface area contributed by atoms with E-state index in [0.29, 0.717) is 5.84 Å². The van der Waals surface area contributed by atoms with E-state index in [4.69, 9.17) is 9.98 Å². The van der Waals surface area contributed by atoms with Gasteiger partial charge in [0, 0.05) is 11.1 Å². The first-order valence-electron chi connectivity index (χ1n) is 17.8. The first kappa shape index (κ1) is 30.0. The Labute approximate surface area is 303 Å². The number of amidine groups is 2. The lowest BCUT2D eigenvalue weighted by Crippen LogP contribution is -2.33. The summed E-state index contributed by atoms with van der Waals surface area (Å²) in [5.41, 5.74) is 15.5. The summed E-state index contributed by atoms with van der Waals surface area (Å²) in [4.78, 5) is 10.1. The molecule has 1 unspecified atom stereocenters. The highest BCUT2D eigenvalue weighted by Gasteiger charge is 2.27. The highest BCUT2D eigenvalue weighted by atomic mass is 15.2. The lowest BCUT2D eigenvalue weighted by Gasteiger charge is -2.23. The lowest BCUT2D eigenvalue weighted by molar-refractivity contribution is 0.674. The van der Waals surface area contributed by atoms with Crippen LogP contribution in [0, 0.1) is 0 Å². The molecule has 3 heteroatoms. The molecule has 0 saturated heterocycles. The molecule has 2 aliphatic rings. The quantitative estimate of drug-likeness (QED) is 0.189. The zero-order valence-corrected chi connectivity index (χ0v) is 28.4. The summed E-state index contributed by atoms with van der Waals surface area (Å²) in [5, 5.41) is 6.16. The summed E-state index contributed by atoms with van der Waals surface area (Å²) in [5.74, 6) is 1.53. The Morgan fingerprint density at radius 2 is 0.942 bits per heavy atom. The number of nitrogens with zero attached hydrogens (tertiary/aromatic N) is 2. The van der Waals surface area contributed by atoms with Crippen molar-refractivity contribution in [2.24, 2.45) is 9.98 Å². The van der Waals surface area contributed by atoms with E-state index >= 15 is 0 Å². The van der Waals surface area contributed by atoms with E-state index in [1.54, 1.807) is 0 Å². The number of nitrogens with one attached hydrogen (secondary N) is 1. The van der Waals surface area contributed by atoms with Gasteiger partial charge in [0.15, 0.2) is 5.84 Å². The molecule has 0 fully saturated rings. The van der Waals surface area contributed by atoms with Crippen LogP contribution < -0.4 is 5.32 Å². The zero-order chi connectivity index (χ0) is 34.4. The molecule has 0 radical (unpaired) electrons. The standard InChI is InChI=1S/C49H33N3/c1-4-14-33(15-5-1)39-22-10-11-23-40(39)43-30-38(31-44-41-24-12-20-34-21-13-25-42(45(34)41)46(43)44)32-26-28-37(29-27-32)49-51-47(35-16-6-2-7-17-35)50-48(52-49)36-18-8-3-9-19-36/h1-31,47H,(H,50,51,52). The average Bonchev–Trinajstić information content (AvgIpc) is 3.56. The van der Waals surface area contributed by atoms with Gasteiger partial charge in [-0.1, -0.05) is 176 Å². The minimum atomic E-state index is -0.239. The van der Waals surface area contributed by atoms with Gasteiger partial charge in [0.25, 0.3) is 0 Å². The van der Waals surface area contributed by atoms with Crippen molar-refractivity contribution in [2.75, 3.05) is 0 Å². The SMILES string of the molecule is c1ccc(C2=NC(c3ccc(-c4cc(-c5ccccc5-c5ccccc5)c5c(c4)-c4cccc6cccc-5c46)cc3)=NC(c3ccccc3)N2)cc1. The van der Waals surface area contributed by atoms with Gasteiger partial charge in [-0.2, -0.15) is 0 Å². The third kappa shape index (κ3) is 5.14. The molecule has 1 aliphatic heterocycles. The zero-order valence-electron chi connectivity index (χ0n) is 28.4. The predicted octanol–water partition coefficient (Wildman–Crippen LogP) is 12.0. The molecular weight excluding hydrogens is 631 g/mol. The van der Waals surface area contributed by atoms with Crippen LogP contribution in [0.15, 0.2) is 198 Å². The van der Waals surface area contributed by atoms with Gasteiger partial charge in [0.1, 0.15) is 12.0 Å². The molecular formula is C49H33N3. The molecule has 0 amide bonds. The molecule has 52 heavy (non-hydrogen) atoms. The van der Waals surface area contributed by atoms with Gasteiger partial charge in [-0.05, 0) is 84.1 Å². The molecule has 1 atom stereocenters. The molecule has 1 aliphatic carbocycles. The highest BCUT2D eigenvalue weighted by Crippen LogP contribution is 2.53. The number of fused-ring (bicyclic) bond motifs is 3. The second-order valence-electron chi connectivity index (χ2n) is 13.4. The Balaban J connectivity index is 1.12. The first-order valence-corrected chi connectivity index (χ1v) is 17.8. The fraction of sp³-hybridized carbons (Fsp3) is 0.0204. The molecule has 0 spiro atoms. The van der Waals surface area contributed by atoms with E-state index in [1.807, 2.05) is 24.3 Å². The fourth-order valence-corrected chi connectivity index (χ4v) is 7.82. The Hall–Kier alpha value is -6.84. The second kappa shape index (κ2) is 12.5. The Kier molecular flexibility index (Phi) is 7.21. The van der Waals surface area contributed by atoms with Crippen molar-refractivity contribution in [3.05, 3.63) is 205 Å². The molecule has 8 aromatic rings. The van der Waals surface area contributed by atoms with Crippen molar-refractivity contribution in [1.82, 2.24) is 5.32 Å². The molecule has 0 bridgehead atoms. The van der Waals surface area contributed by atoms with Crippen LogP contribution in [-0.4, -0.2) is 11.7 Å². The van der Waals surface area contributed by atoms with Crippen LogP contribution in [-0.2, 0) is 0 Å². The Morgan fingerprint density at radius 3 is 1.65 bits per heavy atom. The van der Waals surface area contributed by atoms with Crippen LogP contribution >= 0.6 is 0 Å². The van der Waals surface area contributed by atoms with Crippen LogP contribution in [0.1, 0.15) is 22.9 Å². The molecule has 0 aromatic heterocycles. The van der Waals surface area contributed by atoms with Crippen molar-refractivity contribution in [2.45, 2.75) is 6.17 Å². The summed E-state index contributed by atoms with van der Waals surface area (Å²) < 4.78 is 0. The van der Waals surface area contributed by atoms with E-state index in [9.17, 15) is 0 Å². The van der Waals surface area contributed by atoms with Gasteiger partial charge in [-0.25, -0.2) is 9.98 Å². The van der Waals surface area contributed by atoms with Crippen LogP contribution in [0.25, 0.3) is 66.4 Å². The largest absolute Gasteiger partial charge is 0.344 e. The van der Waals surface area contributed by atoms with Gasteiger partial charge in [0.2, 0.25) is 0 Å². The third-order valence-corrected chi connectivity index (χ3v) is 10.3. The smallest absolute Gasteiger partial charge is 0.159 e. The summed E-state index contributed by atoms with van der Waals surface area (Å²) in [6, 6.07) is 67.1. The fourth-order valence-electron chi connectivity index (χ4n) is 7.82. The highest BCUT2D eigenvalue weighted by molar-refractivity contribution is 6.19. The second-order valence-corrected chi connectivity index (χ2v) is 13.4. The topological polar surface area (TPSA) is 36.8 Å². The van der Waals surface area contributed by atoms with Crippen molar-refractivity contribution in [1.29, 1.82) is 0 Å². The van der Waals surface area contributed by atoms with Crippen LogP contribution in [0.4, 0.5) is 0 Å². The predicted molar refractivity (Wildman–Crippen MR) is 217 cm³/mol. The monoisotopic (exact) mass is 663 g/mol. The molecule has 3 nitrogen and oxygen atoms in total. The maximum atomic E-state index is 5.10. The third-order valence-electron chi connectivity index (χ3n) is 10.3.